The first-order valence-corrected chi connectivity index (χ1v) is 7.43. The summed E-state index contributed by atoms with van der Waals surface area (Å²) in [4.78, 5) is 0. The van der Waals surface area contributed by atoms with Crippen molar-refractivity contribution < 1.29 is 0 Å². The van der Waals surface area contributed by atoms with Crippen LogP contribution in [0.2, 0.25) is 0 Å². The fourth-order valence-electron chi connectivity index (χ4n) is 3.14. The molecule has 0 aromatic carbocycles. The first kappa shape index (κ1) is 13.6. The maximum atomic E-state index is 6.67. The van der Waals surface area contributed by atoms with Gasteiger partial charge in [0.15, 0.2) is 0 Å². The van der Waals surface area contributed by atoms with Crippen molar-refractivity contribution in [3.05, 3.63) is 17.5 Å². The largest absolute Gasteiger partial charge is 0.325 e. The van der Waals surface area contributed by atoms with Gasteiger partial charge in [-0.3, -0.25) is 4.68 Å². The Balaban J connectivity index is 2.19. The quantitative estimate of drug-likeness (QED) is 0.891. The van der Waals surface area contributed by atoms with E-state index in [1.165, 1.54) is 30.7 Å². The molecule has 1 aromatic heterocycles. The molecule has 2 atom stereocenters. The van der Waals surface area contributed by atoms with Crippen LogP contribution in [-0.2, 0) is 19.4 Å². The number of rotatable bonds is 4. The van der Waals surface area contributed by atoms with Gasteiger partial charge in [-0.15, -0.1) is 0 Å². The van der Waals surface area contributed by atoms with E-state index < -0.39 is 0 Å². The van der Waals surface area contributed by atoms with Gasteiger partial charge < -0.3 is 5.73 Å². The van der Waals surface area contributed by atoms with Crippen molar-refractivity contribution in [2.45, 2.75) is 71.4 Å². The molecular weight excluding hydrogens is 222 g/mol. The monoisotopic (exact) mass is 249 g/mol. The molecule has 2 unspecified atom stereocenters. The van der Waals surface area contributed by atoms with E-state index in [1.807, 2.05) is 0 Å². The lowest BCUT2D eigenvalue weighted by Gasteiger charge is -2.39. The molecule has 0 aliphatic heterocycles. The van der Waals surface area contributed by atoms with Gasteiger partial charge in [-0.25, -0.2) is 0 Å². The molecule has 1 fully saturated rings. The Morgan fingerprint density at radius 1 is 1.44 bits per heavy atom. The van der Waals surface area contributed by atoms with E-state index in [-0.39, 0.29) is 5.54 Å². The zero-order valence-electron chi connectivity index (χ0n) is 12.1. The second kappa shape index (κ2) is 5.43. The maximum absolute atomic E-state index is 6.67. The Morgan fingerprint density at radius 3 is 2.83 bits per heavy atom. The normalized spacial score (nSPS) is 28.6. The van der Waals surface area contributed by atoms with E-state index in [2.05, 4.69) is 36.6 Å². The summed E-state index contributed by atoms with van der Waals surface area (Å²) < 4.78 is 2.13. The van der Waals surface area contributed by atoms with Gasteiger partial charge in [0.25, 0.3) is 0 Å². The molecule has 0 saturated heterocycles. The van der Waals surface area contributed by atoms with Gasteiger partial charge in [0.2, 0.25) is 0 Å². The van der Waals surface area contributed by atoms with Crippen molar-refractivity contribution in [2.24, 2.45) is 11.7 Å². The number of aromatic nitrogens is 2. The highest BCUT2D eigenvalue weighted by molar-refractivity contribution is 5.15. The second-order valence-corrected chi connectivity index (χ2v) is 5.85. The van der Waals surface area contributed by atoms with Crippen LogP contribution in [0.4, 0.5) is 0 Å². The van der Waals surface area contributed by atoms with Crippen molar-refractivity contribution >= 4 is 0 Å². The van der Waals surface area contributed by atoms with Gasteiger partial charge in [0.1, 0.15) is 0 Å². The lowest BCUT2D eigenvalue weighted by Crippen LogP contribution is -2.50. The van der Waals surface area contributed by atoms with Crippen LogP contribution in [-0.4, -0.2) is 15.3 Å². The summed E-state index contributed by atoms with van der Waals surface area (Å²) >= 11 is 0. The molecule has 0 bridgehead atoms. The zero-order valence-corrected chi connectivity index (χ0v) is 12.1. The summed E-state index contributed by atoms with van der Waals surface area (Å²) in [7, 11) is 0. The van der Waals surface area contributed by atoms with Gasteiger partial charge in [-0.2, -0.15) is 5.10 Å². The molecule has 2 rings (SSSR count). The minimum atomic E-state index is -0.0176. The standard InChI is InChI=1S/C15H27N3/c1-4-13-10-14(18(5-2)17-13)11-15(16)9-7-6-8-12(15)3/h10,12H,4-9,11,16H2,1-3H3. The van der Waals surface area contributed by atoms with Gasteiger partial charge in [-0.1, -0.05) is 26.7 Å². The van der Waals surface area contributed by atoms with Crippen molar-refractivity contribution in [1.29, 1.82) is 0 Å². The highest BCUT2D eigenvalue weighted by Crippen LogP contribution is 2.34. The van der Waals surface area contributed by atoms with Crippen LogP contribution >= 0.6 is 0 Å². The number of nitrogens with two attached hydrogens (primary N) is 1. The molecule has 1 saturated carbocycles. The average molecular weight is 249 g/mol. The van der Waals surface area contributed by atoms with Crippen molar-refractivity contribution in [1.82, 2.24) is 9.78 Å². The van der Waals surface area contributed by atoms with Crippen molar-refractivity contribution in [3.8, 4) is 0 Å². The second-order valence-electron chi connectivity index (χ2n) is 5.85. The van der Waals surface area contributed by atoms with Crippen LogP contribution in [0.5, 0.6) is 0 Å². The van der Waals surface area contributed by atoms with Crippen molar-refractivity contribution in [2.75, 3.05) is 0 Å². The minimum Gasteiger partial charge on any atom is -0.325 e. The molecule has 3 heteroatoms. The van der Waals surface area contributed by atoms with E-state index in [1.54, 1.807) is 0 Å². The summed E-state index contributed by atoms with van der Waals surface area (Å²) in [6.45, 7) is 7.57. The minimum absolute atomic E-state index is 0.0176. The Morgan fingerprint density at radius 2 is 2.22 bits per heavy atom. The van der Waals surface area contributed by atoms with Crippen molar-refractivity contribution in [3.63, 3.8) is 0 Å². The number of hydrogen-bond acceptors (Lipinski definition) is 2. The summed E-state index contributed by atoms with van der Waals surface area (Å²) in [6.07, 6.45) is 7.04. The summed E-state index contributed by atoms with van der Waals surface area (Å²) in [6, 6.07) is 2.25. The summed E-state index contributed by atoms with van der Waals surface area (Å²) in [5.41, 5.74) is 9.17. The van der Waals surface area contributed by atoms with E-state index in [9.17, 15) is 0 Å². The van der Waals surface area contributed by atoms with Gasteiger partial charge in [0.05, 0.1) is 5.69 Å². The highest BCUT2D eigenvalue weighted by Gasteiger charge is 2.35. The molecule has 1 aromatic rings. The SMILES string of the molecule is CCc1cc(CC2(N)CCCCC2C)n(CC)n1. The molecule has 0 radical (unpaired) electrons. The Kier molecular flexibility index (Phi) is 4.10. The smallest absolute Gasteiger partial charge is 0.0624 e. The number of hydrogen-bond donors (Lipinski definition) is 1. The van der Waals surface area contributed by atoms with Crippen LogP contribution in [0.1, 0.15) is 57.8 Å². The number of nitrogens with zero attached hydrogens (tertiary/aromatic N) is 2. The molecule has 2 N–H and O–H groups in total. The fraction of sp³-hybridized carbons (Fsp3) is 0.800. The molecular formula is C15H27N3. The van der Waals surface area contributed by atoms with Gasteiger partial charge >= 0.3 is 0 Å². The predicted molar refractivity (Wildman–Crippen MR) is 75.5 cm³/mol. The van der Waals surface area contributed by atoms with E-state index in [0.717, 1.165) is 25.8 Å². The topological polar surface area (TPSA) is 43.8 Å². The molecule has 3 nitrogen and oxygen atoms in total. The molecule has 102 valence electrons. The molecule has 1 aliphatic carbocycles. The lowest BCUT2D eigenvalue weighted by molar-refractivity contribution is 0.200. The Hall–Kier alpha value is -0.830. The predicted octanol–water partition coefficient (Wildman–Crippen LogP) is 2.92. The lowest BCUT2D eigenvalue weighted by atomic mass is 9.72. The van der Waals surface area contributed by atoms with Crippen LogP contribution in [0.15, 0.2) is 6.07 Å². The van der Waals surface area contributed by atoms with E-state index in [4.69, 9.17) is 5.73 Å². The van der Waals surface area contributed by atoms with Crippen LogP contribution in [0.3, 0.4) is 0 Å². The van der Waals surface area contributed by atoms with Gasteiger partial charge in [-0.05, 0) is 38.2 Å². The van der Waals surface area contributed by atoms with Gasteiger partial charge in [0, 0.05) is 24.2 Å². The van der Waals surface area contributed by atoms with Crippen LogP contribution in [0.25, 0.3) is 0 Å². The average Bonchev–Trinajstić information content (AvgIpc) is 2.75. The molecule has 18 heavy (non-hydrogen) atoms. The van der Waals surface area contributed by atoms with Crippen LogP contribution in [0, 0.1) is 5.92 Å². The Labute approximate surface area is 111 Å². The van der Waals surface area contributed by atoms with E-state index >= 15 is 0 Å². The fourth-order valence-corrected chi connectivity index (χ4v) is 3.14. The summed E-state index contributed by atoms with van der Waals surface area (Å²) in [5, 5.41) is 4.63. The molecule has 1 heterocycles. The molecule has 0 amide bonds. The number of aryl methyl sites for hydroxylation is 2. The highest BCUT2D eigenvalue weighted by atomic mass is 15.3. The summed E-state index contributed by atoms with van der Waals surface area (Å²) in [5.74, 6) is 0.622. The van der Waals surface area contributed by atoms with E-state index in [0.29, 0.717) is 5.92 Å². The third kappa shape index (κ3) is 2.61. The Bertz CT molecular complexity index is 396. The first-order valence-electron chi connectivity index (χ1n) is 7.43. The van der Waals surface area contributed by atoms with Crippen LogP contribution < -0.4 is 5.73 Å². The molecule has 0 spiro atoms. The first-order chi connectivity index (χ1) is 8.59. The molecule has 1 aliphatic rings. The maximum Gasteiger partial charge on any atom is 0.0624 e. The third-order valence-corrected chi connectivity index (χ3v) is 4.60. The zero-order chi connectivity index (χ0) is 13.2. The third-order valence-electron chi connectivity index (χ3n) is 4.60.